The van der Waals surface area contributed by atoms with Crippen molar-refractivity contribution in [2.45, 2.75) is 13.0 Å². The molecule has 0 aromatic carbocycles. The second-order valence-electron chi connectivity index (χ2n) is 2.45. The Labute approximate surface area is 69.5 Å². The molecule has 0 aliphatic heterocycles. The number of nitrogens with one attached hydrogen (secondary N) is 1. The van der Waals surface area contributed by atoms with E-state index in [0.29, 0.717) is 5.95 Å². The molecule has 5 heteroatoms. The Hall–Kier alpha value is -1.23. The molecule has 0 aliphatic carbocycles. The van der Waals surface area contributed by atoms with Crippen molar-refractivity contribution in [3.05, 3.63) is 18.2 Å². The molecule has 0 saturated carbocycles. The van der Waals surface area contributed by atoms with E-state index in [2.05, 4.69) is 15.3 Å². The monoisotopic (exact) mass is 171 g/mol. The highest BCUT2D eigenvalue weighted by molar-refractivity contribution is 5.23. The zero-order valence-electron chi connectivity index (χ0n) is 6.66. The van der Waals surface area contributed by atoms with Gasteiger partial charge in [-0.1, -0.05) is 0 Å². The summed E-state index contributed by atoms with van der Waals surface area (Å²) in [6, 6.07) is -0.129. The van der Waals surface area contributed by atoms with Crippen molar-refractivity contribution in [2.75, 3.05) is 11.9 Å². The van der Waals surface area contributed by atoms with Gasteiger partial charge in [-0.25, -0.2) is 14.4 Å². The van der Waals surface area contributed by atoms with E-state index in [-0.39, 0.29) is 12.6 Å². The van der Waals surface area contributed by atoms with Crippen LogP contribution in [0.1, 0.15) is 6.92 Å². The smallest absolute Gasteiger partial charge is 0.223 e. The quantitative estimate of drug-likeness (QED) is 0.691. The second kappa shape index (κ2) is 3.96. The van der Waals surface area contributed by atoms with Crippen molar-refractivity contribution >= 4 is 5.95 Å². The van der Waals surface area contributed by atoms with Crippen LogP contribution in [0.15, 0.2) is 12.4 Å². The van der Waals surface area contributed by atoms with E-state index in [1.807, 2.05) is 0 Å². The molecule has 0 radical (unpaired) electrons. The molecule has 0 bridgehead atoms. The number of anilines is 1. The van der Waals surface area contributed by atoms with Gasteiger partial charge in [0.05, 0.1) is 19.0 Å². The molecule has 0 amide bonds. The fourth-order valence-electron chi connectivity index (χ4n) is 0.653. The van der Waals surface area contributed by atoms with E-state index in [1.54, 1.807) is 6.92 Å². The van der Waals surface area contributed by atoms with Crippen LogP contribution in [-0.4, -0.2) is 27.7 Å². The largest absolute Gasteiger partial charge is 0.394 e. The molecular weight excluding hydrogens is 161 g/mol. The first-order chi connectivity index (χ1) is 5.72. The highest BCUT2D eigenvalue weighted by atomic mass is 19.1. The van der Waals surface area contributed by atoms with Crippen LogP contribution in [0.3, 0.4) is 0 Å². The van der Waals surface area contributed by atoms with E-state index in [9.17, 15) is 4.39 Å². The fraction of sp³-hybridized carbons (Fsp3) is 0.429. The molecule has 0 saturated heterocycles. The minimum Gasteiger partial charge on any atom is -0.394 e. The van der Waals surface area contributed by atoms with E-state index in [1.165, 1.54) is 0 Å². The zero-order chi connectivity index (χ0) is 8.97. The highest BCUT2D eigenvalue weighted by Crippen LogP contribution is 1.99. The summed E-state index contributed by atoms with van der Waals surface area (Å²) in [6.45, 7) is 1.76. The van der Waals surface area contributed by atoms with Crippen molar-refractivity contribution in [3.63, 3.8) is 0 Å². The maximum atomic E-state index is 12.3. The van der Waals surface area contributed by atoms with Gasteiger partial charge in [-0.05, 0) is 6.92 Å². The molecule has 4 nitrogen and oxygen atoms in total. The van der Waals surface area contributed by atoms with Crippen LogP contribution in [0, 0.1) is 5.82 Å². The SMILES string of the molecule is C[C@@H](CO)Nc1ncc(F)cn1. The van der Waals surface area contributed by atoms with Crippen LogP contribution < -0.4 is 5.32 Å². The van der Waals surface area contributed by atoms with E-state index in [4.69, 9.17) is 5.11 Å². The van der Waals surface area contributed by atoms with E-state index in [0.717, 1.165) is 12.4 Å². The maximum absolute atomic E-state index is 12.3. The maximum Gasteiger partial charge on any atom is 0.223 e. The van der Waals surface area contributed by atoms with E-state index < -0.39 is 5.82 Å². The summed E-state index contributed by atoms with van der Waals surface area (Å²) in [7, 11) is 0. The van der Waals surface area contributed by atoms with Crippen molar-refractivity contribution in [1.29, 1.82) is 0 Å². The Morgan fingerprint density at radius 3 is 2.67 bits per heavy atom. The topological polar surface area (TPSA) is 58.0 Å². The minimum absolute atomic E-state index is 0.0132. The summed E-state index contributed by atoms with van der Waals surface area (Å²) >= 11 is 0. The van der Waals surface area contributed by atoms with Crippen LogP contribution in [0.4, 0.5) is 10.3 Å². The van der Waals surface area contributed by atoms with Gasteiger partial charge in [-0.15, -0.1) is 0 Å². The molecule has 66 valence electrons. The van der Waals surface area contributed by atoms with Crippen molar-refractivity contribution < 1.29 is 9.50 Å². The summed E-state index contributed by atoms with van der Waals surface area (Å²) in [4.78, 5) is 7.32. The highest BCUT2D eigenvalue weighted by Gasteiger charge is 2.01. The number of aliphatic hydroxyl groups is 1. The summed E-state index contributed by atoms with van der Waals surface area (Å²) in [5.41, 5.74) is 0. The molecule has 1 aromatic heterocycles. The number of hydrogen-bond acceptors (Lipinski definition) is 4. The van der Waals surface area contributed by atoms with Crippen molar-refractivity contribution in [1.82, 2.24) is 9.97 Å². The average molecular weight is 171 g/mol. The Kier molecular flexibility index (Phi) is 2.93. The lowest BCUT2D eigenvalue weighted by Crippen LogP contribution is -2.20. The lowest BCUT2D eigenvalue weighted by atomic mass is 10.4. The van der Waals surface area contributed by atoms with Gasteiger partial charge >= 0.3 is 0 Å². The molecule has 2 N–H and O–H groups in total. The predicted octanol–water partition coefficient (Wildman–Crippen LogP) is 0.408. The van der Waals surface area contributed by atoms with Crippen LogP contribution in [-0.2, 0) is 0 Å². The third-order valence-electron chi connectivity index (χ3n) is 1.27. The lowest BCUT2D eigenvalue weighted by Gasteiger charge is -2.09. The first kappa shape index (κ1) is 8.86. The molecule has 1 atom stereocenters. The van der Waals surface area contributed by atoms with Crippen molar-refractivity contribution in [3.8, 4) is 0 Å². The summed E-state index contributed by atoms with van der Waals surface area (Å²) < 4.78 is 12.3. The fourth-order valence-corrected chi connectivity index (χ4v) is 0.653. The number of hydrogen-bond donors (Lipinski definition) is 2. The van der Waals surface area contributed by atoms with Gasteiger partial charge in [0.15, 0.2) is 5.82 Å². The third kappa shape index (κ3) is 2.43. The van der Waals surface area contributed by atoms with Gasteiger partial charge in [-0.3, -0.25) is 0 Å². The Morgan fingerprint density at radius 1 is 1.58 bits per heavy atom. The molecule has 1 aromatic rings. The molecule has 1 rings (SSSR count). The Bertz CT molecular complexity index is 239. The molecule has 1 heterocycles. The Morgan fingerprint density at radius 2 is 2.17 bits per heavy atom. The molecule has 0 aliphatic rings. The average Bonchev–Trinajstić information content (AvgIpc) is 2.09. The summed E-state index contributed by atoms with van der Waals surface area (Å²) in [5, 5.41) is 11.4. The third-order valence-corrected chi connectivity index (χ3v) is 1.27. The normalized spacial score (nSPS) is 12.6. The number of aliphatic hydroxyl groups excluding tert-OH is 1. The molecular formula is C7H10FN3O. The summed E-state index contributed by atoms with van der Waals surface area (Å²) in [6.07, 6.45) is 2.14. The standard InChI is InChI=1S/C7H10FN3O/c1-5(4-12)11-7-9-2-6(8)3-10-7/h2-3,5,12H,4H2,1H3,(H,9,10,11)/t5-/m0/s1. The molecule has 0 unspecified atom stereocenters. The number of nitrogens with zero attached hydrogens (tertiary/aromatic N) is 2. The molecule has 12 heavy (non-hydrogen) atoms. The first-order valence-corrected chi connectivity index (χ1v) is 3.57. The lowest BCUT2D eigenvalue weighted by molar-refractivity contribution is 0.281. The van der Waals surface area contributed by atoms with Gasteiger partial charge in [0, 0.05) is 6.04 Å². The number of aromatic nitrogens is 2. The van der Waals surface area contributed by atoms with Gasteiger partial charge in [-0.2, -0.15) is 0 Å². The minimum atomic E-state index is -0.475. The van der Waals surface area contributed by atoms with Gasteiger partial charge in [0.2, 0.25) is 5.95 Å². The zero-order valence-corrected chi connectivity index (χ0v) is 6.66. The second-order valence-corrected chi connectivity index (χ2v) is 2.45. The van der Waals surface area contributed by atoms with Gasteiger partial charge in [0.25, 0.3) is 0 Å². The van der Waals surface area contributed by atoms with Crippen LogP contribution >= 0.6 is 0 Å². The number of halogens is 1. The van der Waals surface area contributed by atoms with Crippen LogP contribution in [0.25, 0.3) is 0 Å². The van der Waals surface area contributed by atoms with Gasteiger partial charge in [0.1, 0.15) is 0 Å². The Balaban J connectivity index is 2.58. The van der Waals surface area contributed by atoms with Crippen molar-refractivity contribution in [2.24, 2.45) is 0 Å². The number of rotatable bonds is 3. The first-order valence-electron chi connectivity index (χ1n) is 3.57. The summed E-state index contributed by atoms with van der Waals surface area (Å²) in [5.74, 6) is -0.157. The van der Waals surface area contributed by atoms with E-state index >= 15 is 0 Å². The predicted molar refractivity (Wildman–Crippen MR) is 42.2 cm³/mol. The van der Waals surface area contributed by atoms with Crippen LogP contribution in [0.5, 0.6) is 0 Å². The molecule has 0 fully saturated rings. The van der Waals surface area contributed by atoms with Crippen LogP contribution in [0.2, 0.25) is 0 Å². The molecule has 0 spiro atoms. The van der Waals surface area contributed by atoms with Gasteiger partial charge < -0.3 is 10.4 Å².